The van der Waals surface area contributed by atoms with Crippen LogP contribution in [0.4, 0.5) is 13.2 Å². The van der Waals surface area contributed by atoms with E-state index < -0.39 is 27.5 Å². The van der Waals surface area contributed by atoms with Crippen molar-refractivity contribution >= 4 is 32.8 Å². The molecule has 0 radical (unpaired) electrons. The maximum atomic E-state index is 14.2. The molecule has 0 atom stereocenters. The molecule has 184 valence electrons. The van der Waals surface area contributed by atoms with E-state index in [4.69, 9.17) is 0 Å². The van der Waals surface area contributed by atoms with Crippen LogP contribution in [0.25, 0.3) is 11.0 Å². The Bertz CT molecular complexity index is 1290. The number of hydrogen-bond donors (Lipinski definition) is 0. The zero-order valence-corrected chi connectivity index (χ0v) is 20.9. The number of fused-ring (bicyclic) bond motifs is 1. The number of unbranched alkanes of at least 4 members (excludes halogenated alkanes) is 1. The molecule has 1 fully saturated rings. The van der Waals surface area contributed by atoms with Crippen molar-refractivity contribution in [3.63, 3.8) is 0 Å². The van der Waals surface area contributed by atoms with Gasteiger partial charge in [0, 0.05) is 31.0 Å². The normalized spacial score (nSPS) is 15.1. The fourth-order valence-corrected chi connectivity index (χ4v) is 6.67. The Morgan fingerprint density at radius 2 is 1.82 bits per heavy atom. The highest BCUT2D eigenvalue weighted by Crippen LogP contribution is 2.38. The highest BCUT2D eigenvalue weighted by molar-refractivity contribution is 7.98. The van der Waals surface area contributed by atoms with E-state index in [1.54, 1.807) is 25.2 Å². The highest BCUT2D eigenvalue weighted by Gasteiger charge is 2.26. The molecule has 0 unspecified atom stereocenters. The Kier molecular flexibility index (Phi) is 7.59. The Morgan fingerprint density at radius 1 is 1.12 bits per heavy atom. The molecule has 34 heavy (non-hydrogen) atoms. The molecule has 2 aromatic carbocycles. The predicted molar refractivity (Wildman–Crippen MR) is 128 cm³/mol. The van der Waals surface area contributed by atoms with Gasteiger partial charge < -0.3 is 4.57 Å². The van der Waals surface area contributed by atoms with Crippen LogP contribution >= 0.6 is 11.8 Å². The molecule has 0 aliphatic heterocycles. The van der Waals surface area contributed by atoms with Crippen molar-refractivity contribution in [1.29, 1.82) is 0 Å². The first-order valence-electron chi connectivity index (χ1n) is 11.5. The summed E-state index contributed by atoms with van der Waals surface area (Å²) in [5.74, 6) is -3.22. The summed E-state index contributed by atoms with van der Waals surface area (Å²) >= 11 is 1.13. The minimum absolute atomic E-state index is 0.129. The molecular weight excluding hydrogens is 483 g/mol. The van der Waals surface area contributed by atoms with Crippen LogP contribution in [0.1, 0.15) is 57.1 Å². The smallest absolute Gasteiger partial charge is 0.242 e. The van der Waals surface area contributed by atoms with Gasteiger partial charge in [-0.15, -0.1) is 0 Å². The first kappa shape index (κ1) is 25.1. The second kappa shape index (κ2) is 10.3. The first-order valence-corrected chi connectivity index (χ1v) is 13.9. The largest absolute Gasteiger partial charge is 0.316 e. The average Bonchev–Trinajstić information content (AvgIpc) is 3.46. The third-order valence-corrected chi connectivity index (χ3v) is 9.17. The van der Waals surface area contributed by atoms with Crippen LogP contribution in [0.5, 0.6) is 0 Å². The fourth-order valence-electron chi connectivity index (χ4n) is 4.35. The van der Waals surface area contributed by atoms with Crippen LogP contribution < -0.4 is 0 Å². The fraction of sp³-hybridized carbons (Fsp3) is 0.458. The number of sulfonamides is 1. The van der Waals surface area contributed by atoms with Gasteiger partial charge in [0.25, 0.3) is 0 Å². The van der Waals surface area contributed by atoms with Gasteiger partial charge in [-0.25, -0.2) is 30.9 Å². The molecule has 3 aromatic rings. The number of imidazole rings is 1. The maximum Gasteiger partial charge on any atom is 0.242 e. The molecule has 1 heterocycles. The van der Waals surface area contributed by atoms with E-state index in [0.29, 0.717) is 17.2 Å². The molecule has 0 N–H and O–H groups in total. The summed E-state index contributed by atoms with van der Waals surface area (Å²) in [6.45, 7) is 2.43. The van der Waals surface area contributed by atoms with Crippen LogP contribution in [-0.4, -0.2) is 35.9 Å². The molecule has 1 aromatic heterocycles. The quantitative estimate of drug-likeness (QED) is 0.251. The van der Waals surface area contributed by atoms with Crippen molar-refractivity contribution in [2.24, 2.45) is 0 Å². The van der Waals surface area contributed by atoms with Crippen molar-refractivity contribution in [2.45, 2.75) is 67.3 Å². The monoisotopic (exact) mass is 511 g/mol. The van der Waals surface area contributed by atoms with Crippen molar-refractivity contribution < 1.29 is 21.6 Å². The van der Waals surface area contributed by atoms with Gasteiger partial charge in [-0.1, -0.05) is 37.9 Å². The molecule has 1 saturated carbocycles. The number of halogens is 3. The summed E-state index contributed by atoms with van der Waals surface area (Å²) in [4.78, 5) is 4.81. The lowest BCUT2D eigenvalue weighted by molar-refractivity contribution is 0.459. The molecule has 0 saturated heterocycles. The highest BCUT2D eigenvalue weighted by atomic mass is 32.2. The van der Waals surface area contributed by atoms with E-state index in [2.05, 4.69) is 4.98 Å². The van der Waals surface area contributed by atoms with Crippen LogP contribution in [0.3, 0.4) is 0 Å². The molecule has 10 heteroatoms. The van der Waals surface area contributed by atoms with Crippen LogP contribution in [0.15, 0.2) is 40.4 Å². The third-order valence-electron chi connectivity index (χ3n) is 6.34. The van der Waals surface area contributed by atoms with Gasteiger partial charge in [-0.2, -0.15) is 0 Å². The van der Waals surface area contributed by atoms with Gasteiger partial charge >= 0.3 is 0 Å². The van der Waals surface area contributed by atoms with Gasteiger partial charge in [0.15, 0.2) is 16.8 Å². The molecular formula is C24H28F3N3O2S2. The van der Waals surface area contributed by atoms with Gasteiger partial charge in [0.2, 0.25) is 10.0 Å². The minimum atomic E-state index is -3.66. The zero-order chi connectivity index (χ0) is 24.5. The van der Waals surface area contributed by atoms with Crippen LogP contribution in [0, 0.1) is 17.5 Å². The summed E-state index contributed by atoms with van der Waals surface area (Å²) in [6, 6.07) is 6.77. The van der Waals surface area contributed by atoms with E-state index in [9.17, 15) is 21.6 Å². The lowest BCUT2D eigenvalue weighted by Gasteiger charge is -2.18. The first-order chi connectivity index (χ1) is 16.2. The number of nitrogens with zero attached hydrogens (tertiary/aromatic N) is 3. The number of benzene rings is 2. The van der Waals surface area contributed by atoms with Crippen LogP contribution in [0.2, 0.25) is 0 Å². The number of rotatable bonds is 9. The van der Waals surface area contributed by atoms with Gasteiger partial charge in [-0.05, 0) is 49.6 Å². The molecule has 0 spiro atoms. The van der Waals surface area contributed by atoms with Crippen molar-refractivity contribution in [3.05, 3.63) is 53.3 Å². The van der Waals surface area contributed by atoms with E-state index in [0.717, 1.165) is 67.9 Å². The van der Waals surface area contributed by atoms with Gasteiger partial charge in [0.1, 0.15) is 5.82 Å². The van der Waals surface area contributed by atoms with E-state index in [1.165, 1.54) is 4.31 Å². The lowest BCUT2D eigenvalue weighted by Crippen LogP contribution is -2.27. The van der Waals surface area contributed by atoms with Crippen molar-refractivity contribution in [1.82, 2.24) is 13.9 Å². The van der Waals surface area contributed by atoms with Gasteiger partial charge in [0.05, 0.1) is 15.9 Å². The SMILES string of the molecule is CCCCN(C)S(=O)(=O)c1ccc2c(c1)nc(SCc1c(F)ccc(F)c1F)n2C1CCCC1. The number of aromatic nitrogens is 2. The minimum Gasteiger partial charge on any atom is -0.316 e. The predicted octanol–water partition coefficient (Wildman–Crippen LogP) is 6.28. The summed E-state index contributed by atoms with van der Waals surface area (Å²) in [7, 11) is -2.09. The van der Waals surface area contributed by atoms with E-state index in [1.807, 2.05) is 11.5 Å². The Labute approximate surface area is 202 Å². The summed E-state index contributed by atoms with van der Waals surface area (Å²) in [5, 5.41) is 0.541. The van der Waals surface area contributed by atoms with Crippen molar-refractivity contribution in [3.8, 4) is 0 Å². The second-order valence-electron chi connectivity index (χ2n) is 8.64. The summed E-state index contributed by atoms with van der Waals surface area (Å²) < 4.78 is 71.4. The second-order valence-corrected chi connectivity index (χ2v) is 11.6. The Morgan fingerprint density at radius 3 is 2.53 bits per heavy atom. The Hall–Kier alpha value is -2.04. The van der Waals surface area contributed by atoms with E-state index >= 15 is 0 Å². The summed E-state index contributed by atoms with van der Waals surface area (Å²) in [6.07, 6.45) is 5.68. The van der Waals surface area contributed by atoms with Crippen LogP contribution in [-0.2, 0) is 15.8 Å². The molecule has 5 nitrogen and oxygen atoms in total. The molecule has 0 amide bonds. The lowest BCUT2D eigenvalue weighted by atomic mass is 10.2. The maximum absolute atomic E-state index is 14.2. The van der Waals surface area contributed by atoms with Crippen molar-refractivity contribution in [2.75, 3.05) is 13.6 Å². The molecule has 1 aliphatic carbocycles. The molecule has 1 aliphatic rings. The summed E-state index contributed by atoms with van der Waals surface area (Å²) in [5.41, 5.74) is 0.958. The molecule has 0 bridgehead atoms. The standard InChI is InChI=1S/C24H28F3N3O2S2/c1-3-4-13-29(2)34(31,32)17-9-12-22-21(14-17)28-24(30(22)16-7-5-6-8-16)33-15-18-19(25)10-11-20(26)23(18)27/h9-12,14,16H,3-8,13,15H2,1-2H3. The topological polar surface area (TPSA) is 55.2 Å². The molecule has 4 rings (SSSR count). The third kappa shape index (κ3) is 4.85. The van der Waals surface area contributed by atoms with E-state index in [-0.39, 0.29) is 22.3 Å². The van der Waals surface area contributed by atoms with Gasteiger partial charge in [-0.3, -0.25) is 0 Å². The number of hydrogen-bond acceptors (Lipinski definition) is 4. The zero-order valence-electron chi connectivity index (χ0n) is 19.2. The average molecular weight is 512 g/mol. The number of thioether (sulfide) groups is 1. The Balaban J connectivity index is 1.71.